The summed E-state index contributed by atoms with van der Waals surface area (Å²) in [7, 11) is 1.46. The van der Waals surface area contributed by atoms with E-state index in [2.05, 4.69) is 10.1 Å². The maximum atomic E-state index is 11.0. The van der Waals surface area contributed by atoms with Crippen molar-refractivity contribution in [2.45, 2.75) is 42.5 Å². The zero-order chi connectivity index (χ0) is 11.6. The summed E-state index contributed by atoms with van der Waals surface area (Å²) in [6.07, 6.45) is -0.612. The number of carbonyl (C=O) groups excluding carboxylic acids is 2. The minimum absolute atomic E-state index is 0. The lowest BCUT2D eigenvalue weighted by Gasteiger charge is -2.16. The highest BCUT2D eigenvalue weighted by Crippen LogP contribution is 1.93. The molecular formula is C11H28N2O3. The van der Waals surface area contributed by atoms with Crippen LogP contribution in [0.5, 0.6) is 0 Å². The van der Waals surface area contributed by atoms with Crippen LogP contribution in [0.4, 0.5) is 9.59 Å². The Bertz CT molecular complexity index is 173. The van der Waals surface area contributed by atoms with Crippen LogP contribution in [0.3, 0.4) is 0 Å². The molecule has 0 aromatic rings. The number of amides is 3. The molecule has 0 saturated carbocycles. The third-order valence-corrected chi connectivity index (χ3v) is 1.26. The zero-order valence-electron chi connectivity index (χ0n) is 9.59. The third-order valence-electron chi connectivity index (χ3n) is 1.26. The molecule has 5 nitrogen and oxygen atoms in total. The van der Waals surface area contributed by atoms with Crippen molar-refractivity contribution in [1.29, 1.82) is 0 Å². The minimum Gasteiger partial charge on any atom is -0.449 e. The molecule has 0 spiro atoms. The number of nitrogens with one attached hydrogen (secondary N) is 1. The normalized spacial score (nSPS) is 7.06. The van der Waals surface area contributed by atoms with Gasteiger partial charge in [-0.25, -0.2) is 14.5 Å². The first-order chi connectivity index (χ1) is 6.67. The summed E-state index contributed by atoms with van der Waals surface area (Å²) in [6.45, 7) is 7.96. The van der Waals surface area contributed by atoms with E-state index in [9.17, 15) is 9.59 Å². The fourth-order valence-corrected chi connectivity index (χ4v) is 0.692. The van der Waals surface area contributed by atoms with Gasteiger partial charge in [0.1, 0.15) is 0 Å². The highest BCUT2D eigenvalue weighted by molar-refractivity contribution is 5.90. The number of imide groups is 1. The Morgan fingerprint density at radius 2 is 1.62 bits per heavy atom. The molecule has 0 atom stereocenters. The molecule has 0 rings (SSSR count). The zero-order valence-corrected chi connectivity index (χ0v) is 9.59. The lowest BCUT2D eigenvalue weighted by atomic mass is 10.6. The first-order valence-corrected chi connectivity index (χ1v) is 4.83. The number of ether oxygens (including phenoxy) is 1. The van der Waals surface area contributed by atoms with Gasteiger partial charge in [-0.2, -0.15) is 0 Å². The molecule has 0 radical (unpaired) electrons. The largest absolute Gasteiger partial charge is 0.449 e. The molecule has 0 aliphatic heterocycles. The SMILES string of the molecule is C.C.CC.CCOC(=O)N(CC)C(=O)NC. The Morgan fingerprint density at radius 3 is 1.88 bits per heavy atom. The van der Waals surface area contributed by atoms with Crippen molar-refractivity contribution in [3.8, 4) is 0 Å². The molecular weight excluding hydrogens is 208 g/mol. The van der Waals surface area contributed by atoms with E-state index in [0.29, 0.717) is 6.54 Å². The monoisotopic (exact) mass is 236 g/mol. The predicted molar refractivity (Wildman–Crippen MR) is 68.7 cm³/mol. The molecule has 16 heavy (non-hydrogen) atoms. The summed E-state index contributed by atoms with van der Waals surface area (Å²) in [4.78, 5) is 23.0. The highest BCUT2D eigenvalue weighted by atomic mass is 16.6. The van der Waals surface area contributed by atoms with Gasteiger partial charge in [-0.15, -0.1) is 0 Å². The topological polar surface area (TPSA) is 58.6 Å². The van der Waals surface area contributed by atoms with E-state index in [1.165, 1.54) is 7.05 Å². The molecule has 0 aliphatic carbocycles. The number of hydrogen-bond acceptors (Lipinski definition) is 3. The van der Waals surface area contributed by atoms with E-state index < -0.39 is 12.1 Å². The maximum Gasteiger partial charge on any atom is 0.417 e. The van der Waals surface area contributed by atoms with Gasteiger partial charge in [0.2, 0.25) is 0 Å². The van der Waals surface area contributed by atoms with E-state index in [1.807, 2.05) is 13.8 Å². The van der Waals surface area contributed by atoms with Crippen LogP contribution < -0.4 is 5.32 Å². The van der Waals surface area contributed by atoms with Crippen LogP contribution in [0.15, 0.2) is 0 Å². The summed E-state index contributed by atoms with van der Waals surface area (Å²) in [5, 5.41) is 2.34. The molecule has 0 saturated heterocycles. The third kappa shape index (κ3) is 9.30. The van der Waals surface area contributed by atoms with Crippen molar-refractivity contribution in [2.75, 3.05) is 20.2 Å². The molecule has 1 N–H and O–H groups in total. The van der Waals surface area contributed by atoms with Gasteiger partial charge >= 0.3 is 12.1 Å². The summed E-state index contributed by atoms with van der Waals surface area (Å²) >= 11 is 0. The summed E-state index contributed by atoms with van der Waals surface area (Å²) in [5.74, 6) is 0. The number of hydrogen-bond donors (Lipinski definition) is 1. The molecule has 0 heterocycles. The summed E-state index contributed by atoms with van der Waals surface area (Å²) in [6, 6.07) is -0.448. The molecule has 100 valence electrons. The molecule has 0 unspecified atom stereocenters. The fraction of sp³-hybridized carbons (Fsp3) is 0.818. The summed E-state index contributed by atoms with van der Waals surface area (Å²) < 4.78 is 4.64. The van der Waals surface area contributed by atoms with Gasteiger partial charge in [0.15, 0.2) is 0 Å². The second-order valence-corrected chi connectivity index (χ2v) is 2.00. The molecule has 0 bridgehead atoms. The van der Waals surface area contributed by atoms with Crippen LogP contribution in [-0.2, 0) is 4.74 Å². The predicted octanol–water partition coefficient (Wildman–Crippen LogP) is 3.10. The van der Waals surface area contributed by atoms with Crippen molar-refractivity contribution in [2.24, 2.45) is 0 Å². The van der Waals surface area contributed by atoms with E-state index in [4.69, 9.17) is 0 Å². The summed E-state index contributed by atoms with van der Waals surface area (Å²) in [5.41, 5.74) is 0. The smallest absolute Gasteiger partial charge is 0.417 e. The first kappa shape index (κ1) is 24.1. The highest BCUT2D eigenvalue weighted by Gasteiger charge is 2.18. The van der Waals surface area contributed by atoms with Crippen molar-refractivity contribution >= 4 is 12.1 Å². The van der Waals surface area contributed by atoms with E-state index >= 15 is 0 Å². The Balaban J connectivity index is -0.000000169. The van der Waals surface area contributed by atoms with Gasteiger partial charge in [-0.05, 0) is 13.8 Å². The van der Waals surface area contributed by atoms with Gasteiger partial charge in [-0.1, -0.05) is 28.7 Å². The van der Waals surface area contributed by atoms with E-state index in [0.717, 1.165) is 4.90 Å². The van der Waals surface area contributed by atoms with Crippen molar-refractivity contribution < 1.29 is 14.3 Å². The average molecular weight is 236 g/mol. The molecule has 0 fully saturated rings. The van der Waals surface area contributed by atoms with Crippen molar-refractivity contribution in [3.63, 3.8) is 0 Å². The number of urea groups is 1. The molecule has 0 aromatic carbocycles. The van der Waals surface area contributed by atoms with Crippen molar-refractivity contribution in [3.05, 3.63) is 0 Å². The Labute approximate surface area is 100 Å². The second-order valence-electron chi connectivity index (χ2n) is 2.00. The number of carbonyl (C=O) groups is 2. The van der Waals surface area contributed by atoms with Crippen LogP contribution in [0, 0.1) is 0 Å². The van der Waals surface area contributed by atoms with E-state index in [1.54, 1.807) is 13.8 Å². The number of nitrogens with zero attached hydrogens (tertiary/aromatic N) is 1. The van der Waals surface area contributed by atoms with Crippen LogP contribution >= 0.6 is 0 Å². The Kier molecular flexibility index (Phi) is 24.4. The van der Waals surface area contributed by atoms with Crippen LogP contribution in [0.1, 0.15) is 42.5 Å². The van der Waals surface area contributed by atoms with Gasteiger partial charge in [0, 0.05) is 13.6 Å². The molecule has 3 amide bonds. The molecule has 5 heteroatoms. The van der Waals surface area contributed by atoms with Crippen LogP contribution in [0.25, 0.3) is 0 Å². The lowest BCUT2D eigenvalue weighted by molar-refractivity contribution is 0.116. The Hall–Kier alpha value is -1.26. The fourth-order valence-electron chi connectivity index (χ4n) is 0.692. The van der Waals surface area contributed by atoms with Gasteiger partial charge < -0.3 is 10.1 Å². The molecule has 0 aliphatic rings. The van der Waals surface area contributed by atoms with Gasteiger partial charge in [-0.3, -0.25) is 0 Å². The second kappa shape index (κ2) is 16.2. The standard InChI is InChI=1S/C7H14N2O3.C2H6.2CH4/c1-4-9(6(10)8-3)7(11)12-5-2;1-2;;/h4-5H2,1-3H3,(H,8,10);1-2H3;2*1H4. The minimum atomic E-state index is -0.612. The van der Waals surface area contributed by atoms with Crippen LogP contribution in [-0.4, -0.2) is 37.2 Å². The Morgan fingerprint density at radius 1 is 1.19 bits per heavy atom. The maximum absolute atomic E-state index is 11.0. The van der Waals surface area contributed by atoms with Gasteiger partial charge in [0.05, 0.1) is 6.61 Å². The lowest BCUT2D eigenvalue weighted by Crippen LogP contribution is -2.42. The average Bonchev–Trinajstić information content (AvgIpc) is 2.22. The van der Waals surface area contributed by atoms with E-state index in [-0.39, 0.29) is 21.5 Å². The number of rotatable bonds is 2. The van der Waals surface area contributed by atoms with Crippen LogP contribution in [0.2, 0.25) is 0 Å². The van der Waals surface area contributed by atoms with Gasteiger partial charge in [0.25, 0.3) is 0 Å². The molecule has 0 aromatic heterocycles. The quantitative estimate of drug-likeness (QED) is 0.801. The first-order valence-electron chi connectivity index (χ1n) is 4.83. The van der Waals surface area contributed by atoms with Crippen molar-refractivity contribution in [1.82, 2.24) is 10.2 Å².